The molecule has 1 N–H and O–H groups in total. The number of hydrogen-bond acceptors (Lipinski definition) is 6. The van der Waals surface area contributed by atoms with Crippen molar-refractivity contribution in [3.63, 3.8) is 0 Å². The van der Waals surface area contributed by atoms with Crippen molar-refractivity contribution in [1.29, 1.82) is 0 Å². The lowest BCUT2D eigenvalue weighted by molar-refractivity contribution is -0.149. The van der Waals surface area contributed by atoms with E-state index in [1.54, 1.807) is 7.11 Å². The van der Waals surface area contributed by atoms with Crippen LogP contribution in [0.1, 0.15) is 53.9 Å². The zero-order valence-corrected chi connectivity index (χ0v) is 18.6. The Balaban J connectivity index is 1.41. The van der Waals surface area contributed by atoms with E-state index in [-0.39, 0.29) is 23.3 Å². The summed E-state index contributed by atoms with van der Waals surface area (Å²) in [6.07, 6.45) is 8.57. The first kappa shape index (κ1) is 20.2. The number of nitrogens with zero attached hydrogens (tertiary/aromatic N) is 3. The number of carbonyl (C=O) groups is 1. The van der Waals surface area contributed by atoms with E-state index < -0.39 is 5.60 Å². The highest BCUT2D eigenvalue weighted by Crippen LogP contribution is 2.56. The Hall–Kier alpha value is -2.38. The summed E-state index contributed by atoms with van der Waals surface area (Å²) in [5.41, 5.74) is 1.26. The lowest BCUT2D eigenvalue weighted by Gasteiger charge is -2.61. The van der Waals surface area contributed by atoms with Gasteiger partial charge in [0.05, 0.1) is 18.9 Å². The van der Waals surface area contributed by atoms with Gasteiger partial charge in [-0.2, -0.15) is 0 Å². The highest BCUT2D eigenvalue weighted by atomic mass is 16.5. The van der Waals surface area contributed by atoms with Crippen LogP contribution >= 0.6 is 0 Å². The molecule has 1 aromatic heterocycles. The van der Waals surface area contributed by atoms with Gasteiger partial charge in [0.25, 0.3) is 5.89 Å². The van der Waals surface area contributed by atoms with Gasteiger partial charge in [-0.3, -0.25) is 9.69 Å². The van der Waals surface area contributed by atoms with Crippen molar-refractivity contribution in [1.82, 2.24) is 14.8 Å². The zero-order valence-electron chi connectivity index (χ0n) is 18.6. The van der Waals surface area contributed by atoms with Gasteiger partial charge >= 0.3 is 5.91 Å². The molecule has 0 spiro atoms. The number of fused-ring (bicyclic) bond motifs is 1. The number of ether oxygens (including phenoxy) is 1. The van der Waals surface area contributed by atoms with E-state index in [0.717, 1.165) is 44.0 Å². The van der Waals surface area contributed by atoms with Crippen molar-refractivity contribution in [2.75, 3.05) is 33.3 Å². The molecular weight excluding hydrogens is 406 g/mol. The molecule has 1 aromatic carbocycles. The fourth-order valence-electron chi connectivity index (χ4n) is 6.65. The van der Waals surface area contributed by atoms with Crippen molar-refractivity contribution in [2.45, 2.75) is 55.6 Å². The number of piperidine rings is 1. The number of aliphatic hydroxyl groups is 1. The van der Waals surface area contributed by atoms with Gasteiger partial charge in [0, 0.05) is 31.1 Å². The van der Waals surface area contributed by atoms with E-state index >= 15 is 0 Å². The third-order valence-corrected chi connectivity index (χ3v) is 8.56. The molecule has 2 bridgehead atoms. The van der Waals surface area contributed by atoms with Crippen LogP contribution in [0.4, 0.5) is 0 Å². The van der Waals surface area contributed by atoms with Crippen LogP contribution < -0.4 is 4.74 Å². The summed E-state index contributed by atoms with van der Waals surface area (Å²) in [5, 5.41) is 12.5. The standard InChI is InChI=1S/C25H31N3O4/c1-31-19-5-4-18-14-21-25(30)8-12-27(23(29)22-26-9-13-32-22)10-6-24(25,20(18)15-19)7-11-28(21)16-17-2-3-17/h4-5,9,13,15,17,21,30H,2-3,6-8,10-12,14,16H2,1H3. The third kappa shape index (κ3) is 2.94. The van der Waals surface area contributed by atoms with Gasteiger partial charge in [0.2, 0.25) is 0 Å². The van der Waals surface area contributed by atoms with Gasteiger partial charge in [-0.05, 0) is 74.2 Å². The van der Waals surface area contributed by atoms with Gasteiger partial charge in [0.1, 0.15) is 12.0 Å². The van der Waals surface area contributed by atoms with E-state index in [4.69, 9.17) is 9.15 Å². The van der Waals surface area contributed by atoms with E-state index in [2.05, 4.69) is 22.0 Å². The Morgan fingerprint density at radius 2 is 2.06 bits per heavy atom. The minimum absolute atomic E-state index is 0.0783. The SMILES string of the molecule is COc1ccc2c(c1)C13CCN(C(=O)c4ncco4)CCC1(O)C(C2)N(CC1CC1)CC3. The quantitative estimate of drug-likeness (QED) is 0.792. The Morgan fingerprint density at radius 1 is 1.25 bits per heavy atom. The largest absolute Gasteiger partial charge is 0.497 e. The average Bonchev–Trinajstić information content (AvgIpc) is 3.48. The average molecular weight is 438 g/mol. The number of carbonyl (C=O) groups excluding carboxylic acids is 1. The second kappa shape index (κ2) is 7.32. The summed E-state index contributed by atoms with van der Waals surface area (Å²) in [5.74, 6) is 1.54. The van der Waals surface area contributed by atoms with Crippen molar-refractivity contribution in [3.8, 4) is 5.75 Å². The molecule has 1 amide bonds. The van der Waals surface area contributed by atoms with E-state index in [9.17, 15) is 9.90 Å². The van der Waals surface area contributed by atoms with Crippen molar-refractivity contribution in [3.05, 3.63) is 47.7 Å². The molecule has 3 unspecified atom stereocenters. The van der Waals surface area contributed by atoms with Crippen LogP contribution in [0.3, 0.4) is 0 Å². The lowest BCUT2D eigenvalue weighted by atomic mass is 9.52. The predicted octanol–water partition coefficient (Wildman–Crippen LogP) is 2.63. The summed E-state index contributed by atoms with van der Waals surface area (Å²) in [4.78, 5) is 21.5. The maximum atomic E-state index is 13.0. The molecule has 0 radical (unpaired) electrons. The number of hydrogen-bond donors (Lipinski definition) is 1. The van der Waals surface area contributed by atoms with E-state index in [1.807, 2.05) is 11.0 Å². The first-order chi connectivity index (χ1) is 15.5. The normalized spacial score (nSPS) is 32.1. The number of rotatable bonds is 4. The van der Waals surface area contributed by atoms with Crippen LogP contribution in [0.15, 0.2) is 35.1 Å². The summed E-state index contributed by atoms with van der Waals surface area (Å²) in [7, 11) is 1.69. The second-order valence-electron chi connectivity index (χ2n) is 10.1. The van der Waals surface area contributed by atoms with Crippen LogP contribution in [0, 0.1) is 5.92 Å². The topological polar surface area (TPSA) is 79.0 Å². The Morgan fingerprint density at radius 3 is 2.81 bits per heavy atom. The number of oxazole rings is 1. The zero-order chi connectivity index (χ0) is 21.9. The van der Waals surface area contributed by atoms with Crippen molar-refractivity contribution >= 4 is 5.91 Å². The molecule has 3 fully saturated rings. The fourth-order valence-corrected chi connectivity index (χ4v) is 6.65. The monoisotopic (exact) mass is 437 g/mol. The van der Waals surface area contributed by atoms with E-state index in [0.29, 0.717) is 19.5 Å². The third-order valence-electron chi connectivity index (χ3n) is 8.56. The number of likely N-dealkylation sites (tertiary alicyclic amines) is 2. The van der Waals surface area contributed by atoms with Gasteiger partial charge in [-0.1, -0.05) is 6.07 Å². The van der Waals surface area contributed by atoms with Crippen LogP contribution in [-0.4, -0.2) is 70.7 Å². The number of aromatic nitrogens is 1. The summed E-state index contributed by atoms with van der Waals surface area (Å²) < 4.78 is 10.9. The number of benzene rings is 1. The highest BCUT2D eigenvalue weighted by molar-refractivity contribution is 5.89. The second-order valence-corrected chi connectivity index (χ2v) is 10.1. The maximum Gasteiger partial charge on any atom is 0.309 e. The molecule has 6 rings (SSSR count). The van der Waals surface area contributed by atoms with Crippen molar-refractivity contribution in [2.24, 2.45) is 5.92 Å². The molecular formula is C25H31N3O4. The van der Waals surface area contributed by atoms with Crippen LogP contribution in [0.25, 0.3) is 0 Å². The first-order valence-electron chi connectivity index (χ1n) is 11.9. The molecule has 2 aliphatic heterocycles. The van der Waals surface area contributed by atoms with Gasteiger partial charge in [-0.15, -0.1) is 0 Å². The number of methoxy groups -OCH3 is 1. The Bertz CT molecular complexity index is 1020. The molecule has 3 atom stereocenters. The van der Waals surface area contributed by atoms with Gasteiger partial charge in [-0.25, -0.2) is 4.98 Å². The minimum Gasteiger partial charge on any atom is -0.497 e. The van der Waals surface area contributed by atoms with Gasteiger partial charge < -0.3 is 19.2 Å². The molecule has 3 heterocycles. The molecule has 1 saturated carbocycles. The minimum atomic E-state index is -0.884. The fraction of sp³-hybridized carbons (Fsp3) is 0.600. The molecule has 2 aliphatic carbocycles. The van der Waals surface area contributed by atoms with Gasteiger partial charge in [0.15, 0.2) is 0 Å². The number of amides is 1. The molecule has 2 aromatic rings. The Kier molecular flexibility index (Phi) is 4.63. The summed E-state index contributed by atoms with van der Waals surface area (Å²) in [6, 6.07) is 6.44. The molecule has 170 valence electrons. The molecule has 4 aliphatic rings. The molecule has 32 heavy (non-hydrogen) atoms. The lowest BCUT2D eigenvalue weighted by Crippen LogP contribution is -2.71. The van der Waals surface area contributed by atoms with Crippen LogP contribution in [-0.2, 0) is 11.8 Å². The van der Waals surface area contributed by atoms with Crippen LogP contribution in [0.2, 0.25) is 0 Å². The molecule has 7 heteroatoms. The van der Waals surface area contributed by atoms with Crippen molar-refractivity contribution < 1.29 is 19.1 Å². The van der Waals surface area contributed by atoms with E-state index in [1.165, 1.54) is 36.4 Å². The Labute approximate surface area is 188 Å². The summed E-state index contributed by atoms with van der Waals surface area (Å²) >= 11 is 0. The highest BCUT2D eigenvalue weighted by Gasteiger charge is 2.63. The summed E-state index contributed by atoms with van der Waals surface area (Å²) in [6.45, 7) is 3.16. The maximum absolute atomic E-state index is 13.0. The molecule has 7 nitrogen and oxygen atoms in total. The predicted molar refractivity (Wildman–Crippen MR) is 118 cm³/mol. The van der Waals surface area contributed by atoms with Crippen LogP contribution in [0.5, 0.6) is 5.75 Å². The molecule has 2 saturated heterocycles. The first-order valence-corrected chi connectivity index (χ1v) is 11.9. The smallest absolute Gasteiger partial charge is 0.309 e.